The third-order valence-corrected chi connectivity index (χ3v) is 14.9. The minimum absolute atomic E-state index is 0.0128. The molecule has 0 radical (unpaired) electrons. The van der Waals surface area contributed by atoms with Gasteiger partial charge in [-0.1, -0.05) is 41.5 Å². The van der Waals surface area contributed by atoms with Gasteiger partial charge in [0.05, 0.1) is 6.10 Å². The van der Waals surface area contributed by atoms with Crippen molar-refractivity contribution in [1.29, 1.82) is 0 Å². The van der Waals surface area contributed by atoms with Crippen LogP contribution in [-0.4, -0.2) is 35.1 Å². The summed E-state index contributed by atoms with van der Waals surface area (Å²) in [5.41, 5.74) is 0. The van der Waals surface area contributed by atoms with Crippen LogP contribution in [0.3, 0.4) is 0 Å². The van der Waals surface area contributed by atoms with Gasteiger partial charge in [-0.25, -0.2) is 0 Å². The zero-order valence-corrected chi connectivity index (χ0v) is 19.0. The molecule has 0 saturated heterocycles. The highest BCUT2D eigenvalue weighted by Crippen LogP contribution is 2.38. The average Bonchev–Trinajstić information content (AvgIpc) is 2.43. The first-order valence-electron chi connectivity index (χ1n) is 9.26. The van der Waals surface area contributed by atoms with Crippen LogP contribution in [-0.2, 0) is 13.6 Å². The van der Waals surface area contributed by atoms with Gasteiger partial charge < -0.3 is 13.6 Å². The normalized spacial score (nSPS) is 16.2. The number of carbonyl (C=O) groups excluding carboxylic acids is 1. The van der Waals surface area contributed by atoms with Crippen molar-refractivity contribution in [3.05, 3.63) is 0 Å². The Morgan fingerprint density at radius 1 is 1.00 bits per heavy atom. The van der Waals surface area contributed by atoms with E-state index in [9.17, 15) is 4.79 Å². The topological polar surface area (TPSA) is 35.5 Å². The molecule has 138 valence electrons. The molecule has 0 amide bonds. The summed E-state index contributed by atoms with van der Waals surface area (Å²) in [7, 11) is -3.46. The Balaban J connectivity index is 4.91. The van der Waals surface area contributed by atoms with E-state index in [1.54, 1.807) is 0 Å². The van der Waals surface area contributed by atoms with Gasteiger partial charge in [0.1, 0.15) is 6.29 Å². The first-order valence-corrected chi connectivity index (χ1v) is 14.7. The van der Waals surface area contributed by atoms with Gasteiger partial charge in [0.2, 0.25) is 0 Å². The lowest BCUT2D eigenvalue weighted by Crippen LogP contribution is -2.45. The molecule has 0 aliphatic rings. The molecular formula is C18H40O3Si2. The van der Waals surface area contributed by atoms with Crippen LogP contribution in [0.25, 0.3) is 0 Å². The Kier molecular flexibility index (Phi) is 9.50. The van der Waals surface area contributed by atoms with E-state index < -0.39 is 16.6 Å². The van der Waals surface area contributed by atoms with Crippen LogP contribution in [0.1, 0.15) is 61.3 Å². The largest absolute Gasteiger partial charge is 0.414 e. The van der Waals surface area contributed by atoms with Gasteiger partial charge in [0.15, 0.2) is 16.6 Å². The molecule has 5 heteroatoms. The molecule has 3 nitrogen and oxygen atoms in total. The summed E-state index contributed by atoms with van der Waals surface area (Å²) in [6.45, 7) is 20.2. The number of aldehydes is 1. The van der Waals surface area contributed by atoms with Gasteiger partial charge in [0.25, 0.3) is 0 Å². The van der Waals surface area contributed by atoms with Gasteiger partial charge in [-0.2, -0.15) is 0 Å². The molecule has 23 heavy (non-hydrogen) atoms. The van der Waals surface area contributed by atoms with Crippen LogP contribution in [0, 0.1) is 0 Å². The highest BCUT2D eigenvalue weighted by molar-refractivity contribution is 6.74. The Bertz CT molecular complexity index is 338. The molecule has 0 aromatic rings. The lowest BCUT2D eigenvalue weighted by Gasteiger charge is -2.40. The zero-order chi connectivity index (χ0) is 18.3. The fourth-order valence-electron chi connectivity index (χ4n) is 2.75. The van der Waals surface area contributed by atoms with Crippen molar-refractivity contribution in [2.24, 2.45) is 0 Å². The third kappa shape index (κ3) is 7.20. The zero-order valence-electron chi connectivity index (χ0n) is 17.0. The van der Waals surface area contributed by atoms with Crippen molar-refractivity contribution in [3.8, 4) is 0 Å². The van der Waals surface area contributed by atoms with Crippen LogP contribution in [0.2, 0.25) is 36.3 Å². The van der Waals surface area contributed by atoms with Crippen molar-refractivity contribution in [3.63, 3.8) is 0 Å². The van der Waals surface area contributed by atoms with Crippen LogP contribution >= 0.6 is 0 Å². The van der Waals surface area contributed by atoms with E-state index in [1.807, 2.05) is 0 Å². The number of rotatable bonds is 11. The van der Waals surface area contributed by atoms with E-state index in [-0.39, 0.29) is 17.2 Å². The number of hydrogen-bond donors (Lipinski definition) is 0. The summed E-state index contributed by atoms with van der Waals surface area (Å²) < 4.78 is 13.0. The predicted molar refractivity (Wildman–Crippen MR) is 105 cm³/mol. The smallest absolute Gasteiger partial charge is 0.192 e. The van der Waals surface area contributed by atoms with Crippen molar-refractivity contribution in [1.82, 2.24) is 0 Å². The Hall–Kier alpha value is 0.0238. The summed E-state index contributed by atoms with van der Waals surface area (Å²) >= 11 is 0. The fraction of sp³-hybridized carbons (Fsp3) is 0.944. The molecule has 2 atom stereocenters. The van der Waals surface area contributed by atoms with Crippen LogP contribution in [0.4, 0.5) is 0 Å². The quantitative estimate of drug-likeness (QED) is 0.347. The SMILES string of the molecule is CC[Si](CC)(CC)O[C@@H](CC=O)C[C@@H](C)O[Si](C)(C)C(C)(C)C. The molecule has 0 unspecified atom stereocenters. The third-order valence-electron chi connectivity index (χ3n) is 5.61. The molecule has 0 N–H and O–H groups in total. The van der Waals surface area contributed by atoms with Gasteiger partial charge in [-0.05, 0) is 49.6 Å². The molecule has 0 aromatic carbocycles. The molecular weight excluding hydrogens is 320 g/mol. The maximum absolute atomic E-state index is 11.1. The Labute approximate surface area is 146 Å². The van der Waals surface area contributed by atoms with Gasteiger partial charge in [-0.15, -0.1) is 0 Å². The fourth-order valence-corrected chi connectivity index (χ4v) is 7.11. The predicted octanol–water partition coefficient (Wildman–Crippen LogP) is 5.77. The first kappa shape index (κ1) is 23.0. The lowest BCUT2D eigenvalue weighted by atomic mass is 10.1. The molecule has 0 bridgehead atoms. The molecule has 0 heterocycles. The van der Waals surface area contributed by atoms with E-state index in [4.69, 9.17) is 8.85 Å². The van der Waals surface area contributed by atoms with Crippen LogP contribution in [0.5, 0.6) is 0 Å². The highest BCUT2D eigenvalue weighted by atomic mass is 28.4. The van der Waals surface area contributed by atoms with E-state index >= 15 is 0 Å². The highest BCUT2D eigenvalue weighted by Gasteiger charge is 2.39. The minimum atomic E-state index is -1.77. The standard InChI is InChI=1S/C18H40O3Si2/c1-10-23(11-2,12-3)21-17(13-14-19)15-16(4)20-22(8,9)18(5,6)7/h14,16-17H,10-13,15H2,1-9H3/t16-,17+/m1/s1. The summed E-state index contributed by atoms with van der Waals surface area (Å²) in [6, 6.07) is 3.35. The van der Waals surface area contributed by atoms with E-state index in [1.165, 1.54) is 0 Å². The van der Waals surface area contributed by atoms with Crippen molar-refractivity contribution in [2.75, 3.05) is 0 Å². The molecule has 0 spiro atoms. The molecule has 0 aromatic heterocycles. The lowest BCUT2D eigenvalue weighted by molar-refractivity contribution is -0.109. The summed E-state index contributed by atoms with van der Waals surface area (Å²) in [5, 5.41) is 0.205. The molecule has 0 rings (SSSR count). The maximum Gasteiger partial charge on any atom is 0.192 e. The number of carbonyl (C=O) groups is 1. The van der Waals surface area contributed by atoms with Crippen molar-refractivity contribution >= 4 is 22.9 Å². The minimum Gasteiger partial charge on any atom is -0.414 e. The van der Waals surface area contributed by atoms with Crippen molar-refractivity contribution in [2.45, 2.75) is 110 Å². The summed E-state index contributed by atoms with van der Waals surface area (Å²) in [6.07, 6.45) is 2.46. The molecule has 0 saturated carbocycles. The summed E-state index contributed by atoms with van der Waals surface area (Å²) in [4.78, 5) is 11.1. The molecule has 0 fully saturated rings. The summed E-state index contributed by atoms with van der Waals surface area (Å²) in [5.74, 6) is 0. The molecule has 0 aliphatic carbocycles. The second-order valence-corrected chi connectivity index (χ2v) is 17.8. The monoisotopic (exact) mass is 360 g/mol. The van der Waals surface area contributed by atoms with Crippen LogP contribution < -0.4 is 0 Å². The van der Waals surface area contributed by atoms with Crippen LogP contribution in [0.15, 0.2) is 0 Å². The maximum atomic E-state index is 11.1. The van der Waals surface area contributed by atoms with Gasteiger partial charge in [-0.3, -0.25) is 0 Å². The van der Waals surface area contributed by atoms with Gasteiger partial charge in [0, 0.05) is 12.5 Å². The molecule has 0 aliphatic heterocycles. The van der Waals surface area contributed by atoms with E-state index in [2.05, 4.69) is 61.6 Å². The number of hydrogen-bond acceptors (Lipinski definition) is 3. The second kappa shape index (κ2) is 9.49. The van der Waals surface area contributed by atoms with E-state index in [0.29, 0.717) is 6.42 Å². The first-order chi connectivity index (χ1) is 10.5. The van der Waals surface area contributed by atoms with Gasteiger partial charge >= 0.3 is 0 Å². The second-order valence-electron chi connectivity index (χ2n) is 8.31. The van der Waals surface area contributed by atoms with E-state index in [0.717, 1.165) is 30.8 Å². The Morgan fingerprint density at radius 2 is 1.48 bits per heavy atom. The average molecular weight is 361 g/mol. The van der Waals surface area contributed by atoms with Crippen molar-refractivity contribution < 1.29 is 13.6 Å². The Morgan fingerprint density at radius 3 is 1.83 bits per heavy atom.